The van der Waals surface area contributed by atoms with Gasteiger partial charge in [0.1, 0.15) is 12.0 Å². The fourth-order valence-corrected chi connectivity index (χ4v) is 2.56. The number of hydrogen-bond acceptors (Lipinski definition) is 7. The summed E-state index contributed by atoms with van der Waals surface area (Å²) in [5.74, 6) is 1.02. The van der Waals surface area contributed by atoms with Crippen molar-refractivity contribution in [3.63, 3.8) is 0 Å². The summed E-state index contributed by atoms with van der Waals surface area (Å²) in [7, 11) is 1.69. The molecule has 1 fully saturated rings. The number of nitrogens with zero attached hydrogens (tertiary/aromatic N) is 5. The second-order valence-electron chi connectivity index (χ2n) is 5.40. The Hall–Kier alpha value is -2.97. The van der Waals surface area contributed by atoms with Gasteiger partial charge in [-0.05, 0) is 12.5 Å². The van der Waals surface area contributed by atoms with Crippen molar-refractivity contribution in [2.24, 2.45) is 7.05 Å². The number of pyridine rings is 1. The fraction of sp³-hybridized carbons (Fsp3) is 0.357. The zero-order valence-electron chi connectivity index (χ0n) is 12.5. The number of hydrogen-bond donors (Lipinski definition) is 1. The van der Waals surface area contributed by atoms with Crippen LogP contribution in [0.25, 0.3) is 0 Å². The molecule has 1 aliphatic heterocycles. The fourth-order valence-electron chi connectivity index (χ4n) is 2.56. The molecular weight excluding hydrogens is 300 g/mol. The van der Waals surface area contributed by atoms with E-state index in [9.17, 15) is 14.9 Å². The maximum Gasteiger partial charge on any atom is 0.293 e. The molecule has 0 aromatic carbocycles. The predicted octanol–water partition coefficient (Wildman–Crippen LogP) is 0.774. The standard InChI is InChI=1S/C14H16N6O3/c1-18-7-5-15-13(14(18)21)19-6-4-10(9-19)17-12-3-2-11(8-16-12)20(22)23/h2-3,5,7-8,10H,4,6,9H2,1H3,(H,16,17). The molecule has 0 spiro atoms. The van der Waals surface area contributed by atoms with Crippen LogP contribution in [0.4, 0.5) is 17.3 Å². The van der Waals surface area contributed by atoms with Crippen molar-refractivity contribution in [3.05, 3.63) is 51.2 Å². The molecule has 0 amide bonds. The summed E-state index contributed by atoms with van der Waals surface area (Å²) in [6.07, 6.45) is 5.29. The van der Waals surface area contributed by atoms with Crippen LogP contribution in [-0.2, 0) is 7.05 Å². The number of rotatable bonds is 4. The Morgan fingerprint density at radius 3 is 2.91 bits per heavy atom. The Labute approximate surface area is 131 Å². The zero-order chi connectivity index (χ0) is 16.4. The average molecular weight is 316 g/mol. The van der Waals surface area contributed by atoms with Gasteiger partial charge in [-0.25, -0.2) is 9.97 Å². The molecule has 0 radical (unpaired) electrons. The van der Waals surface area contributed by atoms with E-state index in [2.05, 4.69) is 15.3 Å². The number of anilines is 2. The molecule has 9 nitrogen and oxygen atoms in total. The maximum absolute atomic E-state index is 12.1. The van der Waals surface area contributed by atoms with Crippen LogP contribution in [0.5, 0.6) is 0 Å². The molecule has 23 heavy (non-hydrogen) atoms. The van der Waals surface area contributed by atoms with Crippen molar-refractivity contribution in [3.8, 4) is 0 Å². The van der Waals surface area contributed by atoms with E-state index in [4.69, 9.17) is 0 Å². The van der Waals surface area contributed by atoms with Gasteiger partial charge in [-0.15, -0.1) is 0 Å². The molecule has 1 N–H and O–H groups in total. The van der Waals surface area contributed by atoms with Gasteiger partial charge in [0.25, 0.3) is 11.2 Å². The van der Waals surface area contributed by atoms with E-state index in [1.54, 1.807) is 25.5 Å². The minimum Gasteiger partial charge on any atom is -0.365 e. The van der Waals surface area contributed by atoms with Crippen molar-refractivity contribution in [2.45, 2.75) is 12.5 Å². The van der Waals surface area contributed by atoms with Crippen molar-refractivity contribution in [1.29, 1.82) is 0 Å². The molecule has 0 aliphatic carbocycles. The summed E-state index contributed by atoms with van der Waals surface area (Å²) in [6.45, 7) is 1.35. The third-order valence-electron chi connectivity index (χ3n) is 3.80. The minimum atomic E-state index is -0.481. The topological polar surface area (TPSA) is 106 Å². The van der Waals surface area contributed by atoms with Crippen molar-refractivity contribution in [1.82, 2.24) is 14.5 Å². The monoisotopic (exact) mass is 316 g/mol. The Balaban J connectivity index is 1.67. The van der Waals surface area contributed by atoms with Crippen LogP contribution in [0, 0.1) is 10.1 Å². The number of aryl methyl sites for hydroxylation is 1. The SMILES string of the molecule is Cn1ccnc(N2CCC(Nc3ccc([N+](=O)[O-])cn3)C2)c1=O. The highest BCUT2D eigenvalue weighted by Crippen LogP contribution is 2.19. The lowest BCUT2D eigenvalue weighted by atomic mass is 10.2. The molecule has 2 aromatic heterocycles. The summed E-state index contributed by atoms with van der Waals surface area (Å²) in [5.41, 5.74) is -0.165. The predicted molar refractivity (Wildman–Crippen MR) is 84.6 cm³/mol. The van der Waals surface area contributed by atoms with Gasteiger partial charge < -0.3 is 14.8 Å². The van der Waals surface area contributed by atoms with Crippen molar-refractivity contribution >= 4 is 17.3 Å². The molecule has 1 unspecified atom stereocenters. The average Bonchev–Trinajstić information content (AvgIpc) is 2.99. The van der Waals surface area contributed by atoms with Crippen LogP contribution in [0.2, 0.25) is 0 Å². The lowest BCUT2D eigenvalue weighted by Crippen LogP contribution is -2.32. The normalized spacial score (nSPS) is 17.3. The van der Waals surface area contributed by atoms with Gasteiger partial charge >= 0.3 is 0 Å². The second kappa shape index (κ2) is 6.03. The Morgan fingerprint density at radius 2 is 2.22 bits per heavy atom. The zero-order valence-corrected chi connectivity index (χ0v) is 12.5. The van der Waals surface area contributed by atoms with Crippen LogP contribution in [0.15, 0.2) is 35.5 Å². The summed E-state index contributed by atoms with van der Waals surface area (Å²) in [6, 6.07) is 3.10. The Morgan fingerprint density at radius 1 is 1.39 bits per heavy atom. The first-order valence-electron chi connectivity index (χ1n) is 7.18. The lowest BCUT2D eigenvalue weighted by Gasteiger charge is -2.17. The van der Waals surface area contributed by atoms with E-state index in [0.717, 1.165) is 13.0 Å². The number of aromatic nitrogens is 3. The van der Waals surface area contributed by atoms with Crippen LogP contribution in [0.1, 0.15) is 6.42 Å². The van der Waals surface area contributed by atoms with Crippen LogP contribution in [-0.4, -0.2) is 38.6 Å². The van der Waals surface area contributed by atoms with Gasteiger partial charge in [0.15, 0.2) is 5.82 Å². The van der Waals surface area contributed by atoms with Crippen LogP contribution in [0.3, 0.4) is 0 Å². The molecule has 9 heteroatoms. The smallest absolute Gasteiger partial charge is 0.293 e. The molecule has 2 aromatic rings. The van der Waals surface area contributed by atoms with Crippen molar-refractivity contribution < 1.29 is 4.92 Å². The highest BCUT2D eigenvalue weighted by atomic mass is 16.6. The molecule has 3 rings (SSSR count). The maximum atomic E-state index is 12.1. The van der Waals surface area contributed by atoms with E-state index < -0.39 is 4.92 Å². The van der Waals surface area contributed by atoms with Gasteiger partial charge in [-0.3, -0.25) is 14.9 Å². The minimum absolute atomic E-state index is 0.0411. The van der Waals surface area contributed by atoms with E-state index >= 15 is 0 Å². The van der Waals surface area contributed by atoms with Crippen LogP contribution >= 0.6 is 0 Å². The first kappa shape index (κ1) is 14.9. The van der Waals surface area contributed by atoms with Gasteiger partial charge in [0, 0.05) is 44.6 Å². The third kappa shape index (κ3) is 3.12. The van der Waals surface area contributed by atoms with E-state index in [1.165, 1.54) is 16.8 Å². The molecule has 1 atom stereocenters. The molecule has 0 saturated carbocycles. The third-order valence-corrected chi connectivity index (χ3v) is 3.80. The number of nitro groups is 1. The van der Waals surface area contributed by atoms with E-state index in [1.807, 2.05) is 4.90 Å². The largest absolute Gasteiger partial charge is 0.365 e. The van der Waals surface area contributed by atoms with Gasteiger partial charge in [-0.2, -0.15) is 0 Å². The highest BCUT2D eigenvalue weighted by molar-refractivity contribution is 5.44. The lowest BCUT2D eigenvalue weighted by molar-refractivity contribution is -0.385. The molecule has 1 aliphatic rings. The summed E-state index contributed by atoms with van der Waals surface area (Å²) in [5, 5.41) is 13.8. The van der Waals surface area contributed by atoms with Gasteiger partial charge in [0.05, 0.1) is 4.92 Å². The Bertz CT molecular complexity index is 773. The summed E-state index contributed by atoms with van der Waals surface area (Å²) < 4.78 is 1.50. The van der Waals surface area contributed by atoms with E-state index in [0.29, 0.717) is 18.2 Å². The summed E-state index contributed by atoms with van der Waals surface area (Å²) >= 11 is 0. The van der Waals surface area contributed by atoms with Crippen molar-refractivity contribution in [2.75, 3.05) is 23.3 Å². The first-order valence-corrected chi connectivity index (χ1v) is 7.18. The number of nitrogens with one attached hydrogen (secondary N) is 1. The second-order valence-corrected chi connectivity index (χ2v) is 5.40. The molecule has 120 valence electrons. The van der Waals surface area contributed by atoms with Gasteiger partial charge in [-0.1, -0.05) is 0 Å². The molecule has 0 bridgehead atoms. The van der Waals surface area contributed by atoms with Gasteiger partial charge in [0.2, 0.25) is 0 Å². The quantitative estimate of drug-likeness (QED) is 0.656. The van der Waals surface area contributed by atoms with E-state index in [-0.39, 0.29) is 17.3 Å². The molecule has 1 saturated heterocycles. The van der Waals surface area contributed by atoms with Crippen LogP contribution < -0.4 is 15.8 Å². The molecular formula is C14H16N6O3. The Kier molecular flexibility index (Phi) is 3.92. The summed E-state index contributed by atoms with van der Waals surface area (Å²) in [4.78, 5) is 32.4. The first-order chi connectivity index (χ1) is 11.0. The highest BCUT2D eigenvalue weighted by Gasteiger charge is 2.25. The molecule has 3 heterocycles.